The van der Waals surface area contributed by atoms with Crippen molar-refractivity contribution in [3.63, 3.8) is 0 Å². The summed E-state index contributed by atoms with van der Waals surface area (Å²) in [6.07, 6.45) is -2.32. The van der Waals surface area contributed by atoms with E-state index < -0.39 is 37.0 Å². The van der Waals surface area contributed by atoms with E-state index in [-0.39, 0.29) is 6.04 Å². The number of nitrogens with two attached hydrogens (primary N) is 1. The molecule has 0 radical (unpaired) electrons. The second kappa shape index (κ2) is 7.11. The average Bonchev–Trinajstić information content (AvgIpc) is 2.36. The van der Waals surface area contributed by atoms with Crippen molar-refractivity contribution in [2.45, 2.75) is 37.9 Å². The van der Waals surface area contributed by atoms with Gasteiger partial charge in [-0.15, -0.1) is 0 Å². The molecule has 0 spiro atoms. The van der Waals surface area contributed by atoms with Gasteiger partial charge in [-0.3, -0.25) is 9.59 Å². The predicted octanol–water partition coefficient (Wildman–Crippen LogP) is 0.983. The molecule has 5 nitrogen and oxygen atoms in total. The molecule has 1 aliphatic rings. The van der Waals surface area contributed by atoms with Gasteiger partial charge in [-0.2, -0.15) is 13.2 Å². The van der Waals surface area contributed by atoms with E-state index in [1.54, 1.807) is 0 Å². The summed E-state index contributed by atoms with van der Waals surface area (Å²) in [5, 5.41) is 0. The van der Waals surface area contributed by atoms with Gasteiger partial charge in [-0.25, -0.2) is 0 Å². The smallest absolute Gasteiger partial charge is 0.347 e. The molecule has 1 rings (SSSR count). The van der Waals surface area contributed by atoms with Crippen molar-refractivity contribution in [2.75, 3.05) is 27.2 Å². The monoisotopic (exact) mass is 309 g/mol. The molecule has 1 fully saturated rings. The maximum Gasteiger partial charge on any atom is 0.406 e. The van der Waals surface area contributed by atoms with Gasteiger partial charge in [0, 0.05) is 26.1 Å². The van der Waals surface area contributed by atoms with Crippen LogP contribution in [0.4, 0.5) is 13.2 Å². The number of hydrogen-bond acceptors (Lipinski definition) is 3. The third-order valence-corrected chi connectivity index (χ3v) is 3.63. The van der Waals surface area contributed by atoms with Crippen LogP contribution in [0, 0.1) is 5.92 Å². The third-order valence-electron chi connectivity index (χ3n) is 3.63. The van der Waals surface area contributed by atoms with Gasteiger partial charge in [0.15, 0.2) is 0 Å². The molecule has 2 N–H and O–H groups in total. The van der Waals surface area contributed by atoms with Crippen LogP contribution in [0.1, 0.15) is 25.7 Å². The second-order valence-corrected chi connectivity index (χ2v) is 5.71. The van der Waals surface area contributed by atoms with Gasteiger partial charge in [-0.05, 0) is 25.7 Å². The van der Waals surface area contributed by atoms with E-state index in [4.69, 9.17) is 5.73 Å². The van der Waals surface area contributed by atoms with Crippen LogP contribution in [-0.4, -0.2) is 61.0 Å². The number of likely N-dealkylation sites (N-methyl/N-ethyl adjacent to an activating group) is 1. The topological polar surface area (TPSA) is 66.6 Å². The zero-order valence-electron chi connectivity index (χ0n) is 12.3. The first-order chi connectivity index (χ1) is 9.60. The fourth-order valence-corrected chi connectivity index (χ4v) is 2.36. The van der Waals surface area contributed by atoms with Crippen LogP contribution in [0.5, 0.6) is 0 Å². The maximum atomic E-state index is 12.6. The van der Waals surface area contributed by atoms with Crippen LogP contribution in [0.2, 0.25) is 0 Å². The Balaban J connectivity index is 2.74. The number of rotatable bonds is 4. The SMILES string of the molecule is CN(C)C(=O)CN(CC(F)(F)F)C(=O)C1CCC(N)CC1. The summed E-state index contributed by atoms with van der Waals surface area (Å²) in [4.78, 5) is 25.7. The molecule has 1 saturated carbocycles. The Morgan fingerprint density at radius 2 is 1.67 bits per heavy atom. The average molecular weight is 309 g/mol. The lowest BCUT2D eigenvalue weighted by molar-refractivity contribution is -0.167. The van der Waals surface area contributed by atoms with Crippen molar-refractivity contribution in [3.8, 4) is 0 Å². The number of amides is 2. The zero-order valence-corrected chi connectivity index (χ0v) is 12.3. The largest absolute Gasteiger partial charge is 0.406 e. The quantitative estimate of drug-likeness (QED) is 0.842. The van der Waals surface area contributed by atoms with Gasteiger partial charge in [0.05, 0.1) is 0 Å². The Morgan fingerprint density at radius 1 is 1.14 bits per heavy atom. The molecule has 1 aliphatic carbocycles. The molecule has 0 aromatic rings. The van der Waals surface area contributed by atoms with E-state index in [2.05, 4.69) is 0 Å². The lowest BCUT2D eigenvalue weighted by Gasteiger charge is -2.31. The summed E-state index contributed by atoms with van der Waals surface area (Å²) in [7, 11) is 2.89. The standard InChI is InChI=1S/C13H22F3N3O2/c1-18(2)11(20)7-19(8-13(14,15)16)12(21)9-3-5-10(17)6-4-9/h9-10H,3-8,17H2,1-2H3. The highest BCUT2D eigenvalue weighted by atomic mass is 19.4. The Hall–Kier alpha value is -1.31. The Morgan fingerprint density at radius 3 is 2.10 bits per heavy atom. The Labute approximate surface area is 122 Å². The molecule has 0 bridgehead atoms. The van der Waals surface area contributed by atoms with E-state index in [0.717, 1.165) is 0 Å². The Kier molecular flexibility index (Phi) is 6.00. The highest BCUT2D eigenvalue weighted by Gasteiger charge is 2.37. The Bertz CT molecular complexity index is 377. The number of alkyl halides is 3. The summed E-state index contributed by atoms with van der Waals surface area (Å²) >= 11 is 0. The molecule has 0 heterocycles. The second-order valence-electron chi connectivity index (χ2n) is 5.71. The molecular formula is C13H22F3N3O2. The van der Waals surface area contributed by atoms with E-state index in [1.807, 2.05) is 0 Å². The number of nitrogens with zero attached hydrogens (tertiary/aromatic N) is 2. The summed E-state index contributed by atoms with van der Waals surface area (Å²) in [5.74, 6) is -1.60. The normalized spacial score (nSPS) is 22.8. The molecule has 2 amide bonds. The van der Waals surface area contributed by atoms with Crippen LogP contribution < -0.4 is 5.73 Å². The summed E-state index contributed by atoms with van der Waals surface area (Å²) < 4.78 is 37.8. The van der Waals surface area contributed by atoms with Crippen LogP contribution in [-0.2, 0) is 9.59 Å². The first kappa shape index (κ1) is 17.7. The minimum atomic E-state index is -4.52. The predicted molar refractivity (Wildman–Crippen MR) is 71.3 cm³/mol. The van der Waals surface area contributed by atoms with Crippen molar-refractivity contribution in [3.05, 3.63) is 0 Å². The molecule has 0 aromatic carbocycles. The molecule has 0 saturated heterocycles. The fraction of sp³-hybridized carbons (Fsp3) is 0.846. The zero-order chi connectivity index (χ0) is 16.2. The highest BCUT2D eigenvalue weighted by Crippen LogP contribution is 2.26. The van der Waals surface area contributed by atoms with Crippen LogP contribution in [0.25, 0.3) is 0 Å². The number of carbonyl (C=O) groups is 2. The minimum absolute atomic E-state index is 0.00789. The van der Waals surface area contributed by atoms with Crippen molar-refractivity contribution in [2.24, 2.45) is 11.7 Å². The fourth-order valence-electron chi connectivity index (χ4n) is 2.36. The van der Waals surface area contributed by atoms with Gasteiger partial charge in [-0.1, -0.05) is 0 Å². The van der Waals surface area contributed by atoms with E-state index in [0.29, 0.717) is 30.6 Å². The van der Waals surface area contributed by atoms with Gasteiger partial charge in [0.25, 0.3) is 0 Å². The molecule has 0 aliphatic heterocycles. The lowest BCUT2D eigenvalue weighted by atomic mass is 9.85. The molecule has 8 heteroatoms. The third kappa shape index (κ3) is 5.91. The van der Waals surface area contributed by atoms with Crippen LogP contribution in [0.15, 0.2) is 0 Å². The van der Waals surface area contributed by atoms with E-state index in [1.165, 1.54) is 19.0 Å². The number of hydrogen-bond donors (Lipinski definition) is 1. The van der Waals surface area contributed by atoms with E-state index in [9.17, 15) is 22.8 Å². The van der Waals surface area contributed by atoms with Crippen LogP contribution in [0.3, 0.4) is 0 Å². The first-order valence-electron chi connectivity index (χ1n) is 6.91. The number of carbonyl (C=O) groups excluding carboxylic acids is 2. The molecule has 0 unspecified atom stereocenters. The van der Waals surface area contributed by atoms with Gasteiger partial charge in [0.1, 0.15) is 13.1 Å². The lowest BCUT2D eigenvalue weighted by Crippen LogP contribution is -2.48. The minimum Gasteiger partial charge on any atom is -0.347 e. The molecule has 122 valence electrons. The first-order valence-corrected chi connectivity index (χ1v) is 6.91. The van der Waals surface area contributed by atoms with Gasteiger partial charge >= 0.3 is 6.18 Å². The van der Waals surface area contributed by atoms with Crippen molar-refractivity contribution in [1.82, 2.24) is 9.80 Å². The maximum absolute atomic E-state index is 12.6. The highest BCUT2D eigenvalue weighted by molar-refractivity contribution is 5.85. The van der Waals surface area contributed by atoms with Crippen molar-refractivity contribution in [1.29, 1.82) is 0 Å². The van der Waals surface area contributed by atoms with Gasteiger partial charge in [0.2, 0.25) is 11.8 Å². The van der Waals surface area contributed by atoms with Gasteiger partial charge < -0.3 is 15.5 Å². The van der Waals surface area contributed by atoms with Crippen molar-refractivity contribution < 1.29 is 22.8 Å². The summed E-state index contributed by atoms with van der Waals surface area (Å²) in [5.41, 5.74) is 5.73. The van der Waals surface area contributed by atoms with Crippen LogP contribution >= 0.6 is 0 Å². The summed E-state index contributed by atoms with van der Waals surface area (Å²) in [6, 6.07) is 0.00789. The molecule has 21 heavy (non-hydrogen) atoms. The number of halogens is 3. The molecule has 0 aromatic heterocycles. The molecular weight excluding hydrogens is 287 g/mol. The van der Waals surface area contributed by atoms with E-state index >= 15 is 0 Å². The summed E-state index contributed by atoms with van der Waals surface area (Å²) in [6.45, 7) is -1.94. The molecule has 0 atom stereocenters. The van der Waals surface area contributed by atoms with Crippen molar-refractivity contribution >= 4 is 11.8 Å².